The van der Waals surface area contributed by atoms with Crippen LogP contribution in [0.5, 0.6) is 0 Å². The molecule has 1 unspecified atom stereocenters. The molecule has 3 rings (SSSR count). The second kappa shape index (κ2) is 8.19. The van der Waals surface area contributed by atoms with Crippen LogP contribution in [0.15, 0.2) is 60.9 Å². The summed E-state index contributed by atoms with van der Waals surface area (Å²) in [5.74, 6) is 0.465. The zero-order valence-corrected chi connectivity index (χ0v) is 14.2. The second-order valence-corrected chi connectivity index (χ2v) is 6.05. The number of tetrazole rings is 1. The fraction of sp³-hybridized carbons (Fsp3) is 0.263. The molecule has 1 heterocycles. The van der Waals surface area contributed by atoms with Crippen molar-refractivity contribution in [3.63, 3.8) is 0 Å². The summed E-state index contributed by atoms with van der Waals surface area (Å²) in [4.78, 5) is 12.1. The van der Waals surface area contributed by atoms with Crippen LogP contribution in [-0.2, 0) is 11.2 Å². The number of benzene rings is 2. The second-order valence-electron chi connectivity index (χ2n) is 6.05. The highest BCUT2D eigenvalue weighted by molar-refractivity contribution is 5.78. The lowest BCUT2D eigenvalue weighted by Crippen LogP contribution is -2.26. The summed E-state index contributed by atoms with van der Waals surface area (Å²) < 4.78 is 1.58. The van der Waals surface area contributed by atoms with Crippen molar-refractivity contribution in [3.05, 3.63) is 72.1 Å². The number of aromatic nitrogens is 4. The van der Waals surface area contributed by atoms with Gasteiger partial charge in [0.2, 0.25) is 5.91 Å². The Morgan fingerprint density at radius 1 is 1.12 bits per heavy atom. The molecule has 0 aliphatic carbocycles. The summed E-state index contributed by atoms with van der Waals surface area (Å²) in [5.41, 5.74) is 3.13. The lowest BCUT2D eigenvalue weighted by Gasteiger charge is -2.12. The van der Waals surface area contributed by atoms with E-state index < -0.39 is 0 Å². The number of nitrogens with one attached hydrogen (secondary N) is 1. The predicted molar refractivity (Wildman–Crippen MR) is 95.3 cm³/mol. The number of rotatable bonds is 7. The Hall–Kier alpha value is -3.02. The van der Waals surface area contributed by atoms with Crippen molar-refractivity contribution in [3.8, 4) is 5.69 Å². The third kappa shape index (κ3) is 4.73. The fourth-order valence-electron chi connectivity index (χ4n) is 2.67. The molecule has 1 N–H and O–H groups in total. The number of nitrogens with zero attached hydrogens (tertiary/aromatic N) is 4. The van der Waals surface area contributed by atoms with Gasteiger partial charge in [-0.15, -0.1) is 5.10 Å². The van der Waals surface area contributed by atoms with E-state index >= 15 is 0 Å². The third-order valence-electron chi connectivity index (χ3n) is 4.18. The zero-order valence-electron chi connectivity index (χ0n) is 14.2. The maximum Gasteiger partial charge on any atom is 0.224 e. The molecule has 0 aliphatic rings. The molecule has 128 valence electrons. The van der Waals surface area contributed by atoms with Gasteiger partial charge in [0.1, 0.15) is 6.33 Å². The number of amides is 1. The van der Waals surface area contributed by atoms with Crippen molar-refractivity contribution in [1.82, 2.24) is 25.5 Å². The maximum atomic E-state index is 12.1. The van der Waals surface area contributed by atoms with Crippen LogP contribution in [0.1, 0.15) is 30.4 Å². The molecule has 25 heavy (non-hydrogen) atoms. The molecule has 0 saturated heterocycles. The minimum atomic E-state index is 0.0374. The highest BCUT2D eigenvalue weighted by Crippen LogP contribution is 2.17. The van der Waals surface area contributed by atoms with Crippen molar-refractivity contribution < 1.29 is 4.79 Å². The van der Waals surface area contributed by atoms with Gasteiger partial charge in [-0.2, -0.15) is 0 Å². The van der Waals surface area contributed by atoms with Crippen molar-refractivity contribution >= 4 is 5.91 Å². The first-order valence-corrected chi connectivity index (χ1v) is 8.36. The molecule has 0 fully saturated rings. The first-order chi connectivity index (χ1) is 12.2. The smallest absolute Gasteiger partial charge is 0.224 e. The van der Waals surface area contributed by atoms with Crippen molar-refractivity contribution in [1.29, 1.82) is 0 Å². The summed E-state index contributed by atoms with van der Waals surface area (Å²) in [5, 5.41) is 14.0. The molecule has 6 nitrogen and oxygen atoms in total. The summed E-state index contributed by atoms with van der Waals surface area (Å²) in [7, 11) is 0. The van der Waals surface area contributed by atoms with Crippen LogP contribution in [-0.4, -0.2) is 32.7 Å². The van der Waals surface area contributed by atoms with Crippen LogP contribution < -0.4 is 5.32 Å². The molecule has 3 aromatic rings. The van der Waals surface area contributed by atoms with Gasteiger partial charge in [0.15, 0.2) is 0 Å². The van der Waals surface area contributed by atoms with Gasteiger partial charge in [-0.05, 0) is 46.0 Å². The molecule has 2 aromatic carbocycles. The number of hydrogen-bond donors (Lipinski definition) is 1. The van der Waals surface area contributed by atoms with E-state index in [0.29, 0.717) is 18.9 Å². The van der Waals surface area contributed by atoms with Gasteiger partial charge in [0.25, 0.3) is 0 Å². The molecule has 1 amide bonds. The van der Waals surface area contributed by atoms with Crippen LogP contribution in [0.4, 0.5) is 0 Å². The van der Waals surface area contributed by atoms with E-state index in [4.69, 9.17) is 0 Å². The van der Waals surface area contributed by atoms with E-state index in [1.165, 1.54) is 11.9 Å². The lowest BCUT2D eigenvalue weighted by atomic mass is 9.98. The van der Waals surface area contributed by atoms with E-state index in [-0.39, 0.29) is 5.91 Å². The summed E-state index contributed by atoms with van der Waals surface area (Å²) in [6, 6.07) is 18.0. The minimum Gasteiger partial charge on any atom is -0.356 e. The molecule has 0 radical (unpaired) electrons. The number of carbonyl (C=O) groups is 1. The van der Waals surface area contributed by atoms with E-state index in [2.05, 4.69) is 39.9 Å². The lowest BCUT2D eigenvalue weighted by molar-refractivity contribution is -0.120. The molecule has 0 saturated carbocycles. The van der Waals surface area contributed by atoms with Crippen LogP contribution in [0, 0.1) is 0 Å². The van der Waals surface area contributed by atoms with E-state index in [9.17, 15) is 4.79 Å². The average Bonchev–Trinajstić information content (AvgIpc) is 3.18. The highest BCUT2D eigenvalue weighted by Gasteiger charge is 2.07. The molecule has 0 bridgehead atoms. The summed E-state index contributed by atoms with van der Waals surface area (Å²) >= 11 is 0. The Labute approximate surface area is 146 Å². The van der Waals surface area contributed by atoms with Gasteiger partial charge in [-0.3, -0.25) is 4.79 Å². The van der Waals surface area contributed by atoms with Gasteiger partial charge in [-0.1, -0.05) is 49.4 Å². The Kier molecular flexibility index (Phi) is 5.51. The van der Waals surface area contributed by atoms with Crippen LogP contribution in [0.2, 0.25) is 0 Å². The van der Waals surface area contributed by atoms with Crippen LogP contribution in [0.25, 0.3) is 5.69 Å². The number of carbonyl (C=O) groups excluding carboxylic acids is 1. The van der Waals surface area contributed by atoms with Gasteiger partial charge in [-0.25, -0.2) is 4.68 Å². The average molecular weight is 335 g/mol. The van der Waals surface area contributed by atoms with Crippen LogP contribution >= 0.6 is 0 Å². The standard InChI is InChI=1S/C19H21N5O/c1-15(17-5-3-2-4-6-17)11-12-20-19(25)13-16-7-9-18(10-8-16)24-14-21-22-23-24/h2-10,14-15H,11-13H2,1H3,(H,20,25). The van der Waals surface area contributed by atoms with E-state index in [1.807, 2.05) is 42.5 Å². The molecular formula is C19H21N5O. The summed E-state index contributed by atoms with van der Waals surface area (Å²) in [6.07, 6.45) is 2.83. The molecule has 0 aliphatic heterocycles. The monoisotopic (exact) mass is 335 g/mol. The number of hydrogen-bond acceptors (Lipinski definition) is 4. The third-order valence-corrected chi connectivity index (χ3v) is 4.18. The van der Waals surface area contributed by atoms with Crippen molar-refractivity contribution in [2.45, 2.75) is 25.7 Å². The van der Waals surface area contributed by atoms with Gasteiger partial charge in [0, 0.05) is 6.54 Å². The highest BCUT2D eigenvalue weighted by atomic mass is 16.1. The fourth-order valence-corrected chi connectivity index (χ4v) is 2.67. The van der Waals surface area contributed by atoms with Gasteiger partial charge >= 0.3 is 0 Å². The minimum absolute atomic E-state index is 0.0374. The topological polar surface area (TPSA) is 72.7 Å². The quantitative estimate of drug-likeness (QED) is 0.720. The largest absolute Gasteiger partial charge is 0.356 e. The first-order valence-electron chi connectivity index (χ1n) is 8.36. The van der Waals surface area contributed by atoms with Crippen LogP contribution in [0.3, 0.4) is 0 Å². The molecular weight excluding hydrogens is 314 g/mol. The summed E-state index contributed by atoms with van der Waals surface area (Å²) in [6.45, 7) is 2.86. The van der Waals surface area contributed by atoms with Gasteiger partial charge in [0.05, 0.1) is 12.1 Å². The van der Waals surface area contributed by atoms with Crippen molar-refractivity contribution in [2.75, 3.05) is 6.54 Å². The predicted octanol–water partition coefficient (Wildman–Crippen LogP) is 2.51. The Morgan fingerprint density at radius 3 is 2.56 bits per heavy atom. The maximum absolute atomic E-state index is 12.1. The Balaban J connectivity index is 1.45. The molecule has 1 atom stereocenters. The van der Waals surface area contributed by atoms with E-state index in [1.54, 1.807) is 4.68 Å². The first kappa shape index (κ1) is 16.8. The SMILES string of the molecule is CC(CCNC(=O)Cc1ccc(-n2cnnn2)cc1)c1ccccc1. The molecule has 1 aromatic heterocycles. The Morgan fingerprint density at radius 2 is 1.88 bits per heavy atom. The normalized spacial score (nSPS) is 11.9. The molecule has 0 spiro atoms. The van der Waals surface area contributed by atoms with Gasteiger partial charge < -0.3 is 5.32 Å². The Bertz CT molecular complexity index is 784. The zero-order chi connectivity index (χ0) is 17.5. The van der Waals surface area contributed by atoms with Crippen molar-refractivity contribution in [2.24, 2.45) is 0 Å². The van der Waals surface area contributed by atoms with E-state index in [0.717, 1.165) is 17.7 Å². The molecule has 6 heteroatoms.